The Bertz CT molecular complexity index is 969. The van der Waals surface area contributed by atoms with E-state index in [2.05, 4.69) is 23.0 Å². The molecule has 0 saturated heterocycles. The molecule has 0 aliphatic rings. The summed E-state index contributed by atoms with van der Waals surface area (Å²) >= 11 is 0. The molecule has 2 rings (SSSR count). The van der Waals surface area contributed by atoms with E-state index in [0.29, 0.717) is 5.75 Å². The van der Waals surface area contributed by atoms with Crippen molar-refractivity contribution < 1.29 is 17.9 Å². The summed E-state index contributed by atoms with van der Waals surface area (Å²) in [6, 6.07) is 10.4. The first kappa shape index (κ1) is 22.9. The molecule has 0 spiro atoms. The summed E-state index contributed by atoms with van der Waals surface area (Å²) in [5.74, 6) is -0.0520. The Hall–Kier alpha value is -2.38. The number of aryl methyl sites for hydroxylation is 2. The van der Waals surface area contributed by atoms with E-state index in [0.717, 1.165) is 29.5 Å². The average Bonchev–Trinajstić information content (AvgIpc) is 2.70. The first-order valence-electron chi connectivity index (χ1n) is 9.81. The lowest BCUT2D eigenvalue weighted by atomic mass is 10.0. The fraction of sp³-hybridized carbons (Fsp3) is 0.409. The number of rotatable bonds is 9. The van der Waals surface area contributed by atoms with E-state index in [4.69, 9.17) is 4.74 Å². The normalized spacial score (nSPS) is 11.5. The predicted octanol–water partition coefficient (Wildman–Crippen LogP) is 3.44. The number of hydrogen-bond acceptors (Lipinski definition) is 4. The molecule has 0 aliphatic carbocycles. The summed E-state index contributed by atoms with van der Waals surface area (Å²) in [7, 11) is -2.35. The van der Waals surface area contributed by atoms with Crippen LogP contribution in [0.4, 0.5) is 0 Å². The zero-order chi connectivity index (χ0) is 21.6. The van der Waals surface area contributed by atoms with E-state index in [1.807, 2.05) is 32.9 Å². The summed E-state index contributed by atoms with van der Waals surface area (Å²) in [4.78, 5) is 12.5. The number of carbonyl (C=O) groups is 1. The molecule has 0 fully saturated rings. The number of methoxy groups -OCH3 is 1. The van der Waals surface area contributed by atoms with Gasteiger partial charge in [0.2, 0.25) is 10.0 Å². The van der Waals surface area contributed by atoms with E-state index in [1.54, 1.807) is 0 Å². The molecule has 0 saturated carbocycles. The summed E-state index contributed by atoms with van der Waals surface area (Å²) in [6.45, 7) is 7.97. The van der Waals surface area contributed by atoms with Gasteiger partial charge in [0.25, 0.3) is 5.91 Å². The topological polar surface area (TPSA) is 84.5 Å². The Kier molecular flexibility index (Phi) is 7.81. The molecule has 158 valence electrons. The number of hydrogen-bond donors (Lipinski definition) is 2. The number of sulfonamides is 1. The third-order valence-electron chi connectivity index (χ3n) is 4.66. The van der Waals surface area contributed by atoms with Crippen molar-refractivity contribution in [1.29, 1.82) is 0 Å². The van der Waals surface area contributed by atoms with Crippen molar-refractivity contribution in [3.63, 3.8) is 0 Å². The third-order valence-corrected chi connectivity index (χ3v) is 6.06. The van der Waals surface area contributed by atoms with Crippen LogP contribution < -0.4 is 14.8 Å². The van der Waals surface area contributed by atoms with Gasteiger partial charge in [-0.15, -0.1) is 0 Å². The zero-order valence-electron chi connectivity index (χ0n) is 17.7. The molecule has 29 heavy (non-hydrogen) atoms. The highest BCUT2D eigenvalue weighted by atomic mass is 32.2. The molecule has 1 amide bonds. The number of ether oxygens (including phenoxy) is 1. The van der Waals surface area contributed by atoms with Crippen molar-refractivity contribution in [3.8, 4) is 5.75 Å². The fourth-order valence-electron chi connectivity index (χ4n) is 3.04. The van der Waals surface area contributed by atoms with Crippen LogP contribution >= 0.6 is 0 Å². The number of amides is 1. The fourth-order valence-corrected chi connectivity index (χ4v) is 4.07. The van der Waals surface area contributed by atoms with Crippen LogP contribution in [0, 0.1) is 0 Å². The van der Waals surface area contributed by atoms with Crippen LogP contribution in [0.1, 0.15) is 54.7 Å². The quantitative estimate of drug-likeness (QED) is 0.653. The van der Waals surface area contributed by atoms with Crippen LogP contribution in [0.3, 0.4) is 0 Å². The molecule has 0 unspecified atom stereocenters. The molecular formula is C22H30N2O4S. The van der Waals surface area contributed by atoms with Crippen molar-refractivity contribution in [3.05, 3.63) is 58.7 Å². The Morgan fingerprint density at radius 2 is 1.76 bits per heavy atom. The predicted molar refractivity (Wildman–Crippen MR) is 115 cm³/mol. The van der Waals surface area contributed by atoms with E-state index in [-0.39, 0.29) is 29.0 Å². The minimum Gasteiger partial charge on any atom is -0.496 e. The van der Waals surface area contributed by atoms with Crippen LogP contribution in [0.15, 0.2) is 41.3 Å². The SMILES string of the molecule is CCc1ccc(CC)c(CNS(=O)(=O)c2ccc(OC)c(C(=O)NC(C)C)c2)c1. The van der Waals surface area contributed by atoms with Crippen molar-refractivity contribution in [2.45, 2.75) is 58.0 Å². The molecule has 0 atom stereocenters. The van der Waals surface area contributed by atoms with Gasteiger partial charge in [-0.2, -0.15) is 0 Å². The number of benzene rings is 2. The Morgan fingerprint density at radius 3 is 2.34 bits per heavy atom. The summed E-state index contributed by atoms with van der Waals surface area (Å²) in [6.07, 6.45) is 1.71. The Labute approximate surface area is 173 Å². The molecular weight excluding hydrogens is 388 g/mol. The first-order chi connectivity index (χ1) is 13.7. The number of nitrogens with one attached hydrogen (secondary N) is 2. The minimum absolute atomic E-state index is 0.0249. The maximum atomic E-state index is 12.9. The smallest absolute Gasteiger partial charge is 0.255 e. The summed E-state index contributed by atoms with van der Waals surface area (Å²) in [5, 5.41) is 2.76. The van der Waals surface area contributed by atoms with Crippen molar-refractivity contribution in [2.75, 3.05) is 7.11 Å². The lowest BCUT2D eigenvalue weighted by Gasteiger charge is -2.14. The number of carbonyl (C=O) groups excluding carboxylic acids is 1. The highest BCUT2D eigenvalue weighted by Gasteiger charge is 2.20. The largest absolute Gasteiger partial charge is 0.496 e. The highest BCUT2D eigenvalue weighted by molar-refractivity contribution is 7.89. The maximum Gasteiger partial charge on any atom is 0.255 e. The third kappa shape index (κ3) is 5.81. The Morgan fingerprint density at radius 1 is 1.03 bits per heavy atom. The van der Waals surface area contributed by atoms with Gasteiger partial charge in [-0.25, -0.2) is 13.1 Å². The molecule has 2 aromatic rings. The van der Waals surface area contributed by atoms with E-state index >= 15 is 0 Å². The molecule has 2 N–H and O–H groups in total. The second-order valence-electron chi connectivity index (χ2n) is 7.12. The summed E-state index contributed by atoms with van der Waals surface area (Å²) < 4.78 is 33.6. The monoisotopic (exact) mass is 418 g/mol. The molecule has 0 bridgehead atoms. The molecule has 7 heteroatoms. The van der Waals surface area contributed by atoms with Gasteiger partial charge in [-0.1, -0.05) is 32.0 Å². The lowest BCUT2D eigenvalue weighted by molar-refractivity contribution is 0.0940. The van der Waals surface area contributed by atoms with Gasteiger partial charge in [0.15, 0.2) is 0 Å². The minimum atomic E-state index is -3.80. The molecule has 0 aliphatic heterocycles. The lowest BCUT2D eigenvalue weighted by Crippen LogP contribution is -2.31. The van der Waals surface area contributed by atoms with Crippen molar-refractivity contribution >= 4 is 15.9 Å². The van der Waals surface area contributed by atoms with E-state index in [1.165, 1.54) is 25.3 Å². The van der Waals surface area contributed by atoms with Crippen LogP contribution in [-0.4, -0.2) is 27.5 Å². The second kappa shape index (κ2) is 9.89. The van der Waals surface area contributed by atoms with Crippen LogP contribution in [0.2, 0.25) is 0 Å². The van der Waals surface area contributed by atoms with Crippen LogP contribution in [-0.2, 0) is 29.4 Å². The maximum absolute atomic E-state index is 12.9. The zero-order valence-corrected chi connectivity index (χ0v) is 18.5. The molecule has 2 aromatic carbocycles. The van der Waals surface area contributed by atoms with Gasteiger partial charge in [0.1, 0.15) is 5.75 Å². The van der Waals surface area contributed by atoms with Crippen molar-refractivity contribution in [1.82, 2.24) is 10.0 Å². The molecule has 0 heterocycles. The highest BCUT2D eigenvalue weighted by Crippen LogP contribution is 2.23. The molecule has 0 aromatic heterocycles. The first-order valence-corrected chi connectivity index (χ1v) is 11.3. The van der Waals surface area contributed by atoms with Gasteiger partial charge in [-0.05, 0) is 61.6 Å². The second-order valence-corrected chi connectivity index (χ2v) is 8.89. The van der Waals surface area contributed by atoms with Gasteiger partial charge >= 0.3 is 0 Å². The average molecular weight is 419 g/mol. The van der Waals surface area contributed by atoms with E-state index in [9.17, 15) is 13.2 Å². The van der Waals surface area contributed by atoms with Crippen molar-refractivity contribution in [2.24, 2.45) is 0 Å². The standard InChI is InChI=1S/C22H30N2O4S/c1-6-16-8-9-17(7-2)18(12-16)14-23-29(26,27)19-10-11-21(28-5)20(13-19)22(25)24-15(3)4/h8-13,15,23H,6-7,14H2,1-5H3,(H,24,25). The van der Waals surface area contributed by atoms with E-state index < -0.39 is 10.0 Å². The molecule has 6 nitrogen and oxygen atoms in total. The summed E-state index contributed by atoms with van der Waals surface area (Å²) in [5.41, 5.74) is 3.41. The van der Waals surface area contributed by atoms with Crippen LogP contribution in [0.25, 0.3) is 0 Å². The molecule has 0 radical (unpaired) electrons. The van der Waals surface area contributed by atoms with Gasteiger partial charge in [-0.3, -0.25) is 4.79 Å². The Balaban J connectivity index is 2.31. The van der Waals surface area contributed by atoms with Gasteiger partial charge in [0, 0.05) is 12.6 Å². The van der Waals surface area contributed by atoms with Gasteiger partial charge in [0.05, 0.1) is 17.6 Å². The van der Waals surface area contributed by atoms with Crippen LogP contribution in [0.5, 0.6) is 5.75 Å². The van der Waals surface area contributed by atoms with Gasteiger partial charge < -0.3 is 10.1 Å².